The number of hydrogen-bond donors (Lipinski definition) is 4. The minimum atomic E-state index is -4.93. The fraction of sp³-hybridized carbons (Fsp3) is 0.723. The monoisotopic (exact) mass is 1460 g/mol. The van der Waals surface area contributed by atoms with Crippen molar-refractivity contribution in [3.05, 3.63) is 122 Å². The highest BCUT2D eigenvalue weighted by atomic mass is 31.2. The highest BCUT2D eigenvalue weighted by Crippen LogP contribution is 2.45. The molecular formula is C83H144O16P2. The van der Waals surface area contributed by atoms with Gasteiger partial charge >= 0.3 is 33.6 Å². The van der Waals surface area contributed by atoms with Gasteiger partial charge in [0.2, 0.25) is 0 Å². The fourth-order valence-corrected chi connectivity index (χ4v) is 12.3. The van der Waals surface area contributed by atoms with Crippen LogP contribution in [0.3, 0.4) is 0 Å². The number of hydrogen-bond acceptors (Lipinski definition) is 14. The van der Waals surface area contributed by atoms with E-state index in [1.807, 2.05) is 0 Å². The number of aliphatic hydroxyl groups excluding tert-OH is 2. The van der Waals surface area contributed by atoms with Crippen LogP contribution in [-0.4, -0.2) is 95.9 Å². The quantitative estimate of drug-likeness (QED) is 0.0146. The summed E-state index contributed by atoms with van der Waals surface area (Å²) < 4.78 is 61.2. The van der Waals surface area contributed by atoms with Gasteiger partial charge in [0, 0.05) is 19.3 Å². The molecule has 0 aliphatic carbocycles. The van der Waals surface area contributed by atoms with Crippen LogP contribution in [0.25, 0.3) is 0 Å². The Labute approximate surface area is 614 Å². The first-order valence-corrected chi connectivity index (χ1v) is 42.8. The molecule has 0 saturated heterocycles. The van der Waals surface area contributed by atoms with Crippen molar-refractivity contribution < 1.29 is 75.8 Å². The summed E-state index contributed by atoms with van der Waals surface area (Å²) in [6.45, 7) is 2.47. The van der Waals surface area contributed by atoms with E-state index in [9.17, 15) is 43.5 Å². The molecular weight excluding hydrogens is 1310 g/mol. The molecule has 0 rings (SSSR count). The molecule has 16 nitrogen and oxygen atoms in total. The lowest BCUT2D eigenvalue weighted by atomic mass is 10.0. The first kappa shape index (κ1) is 97.0. The lowest BCUT2D eigenvalue weighted by molar-refractivity contribution is -0.161. The molecule has 0 saturated carbocycles. The molecule has 582 valence electrons. The van der Waals surface area contributed by atoms with E-state index in [0.717, 1.165) is 148 Å². The predicted octanol–water partition coefficient (Wildman–Crippen LogP) is 23.3. The molecule has 5 unspecified atom stereocenters. The molecule has 4 N–H and O–H groups in total. The zero-order valence-corrected chi connectivity index (χ0v) is 65.3. The van der Waals surface area contributed by atoms with Crippen LogP contribution in [0.2, 0.25) is 0 Å². The zero-order valence-electron chi connectivity index (χ0n) is 63.5. The molecule has 0 heterocycles. The Hall–Kier alpha value is -4.05. The van der Waals surface area contributed by atoms with E-state index in [1.165, 1.54) is 122 Å². The van der Waals surface area contributed by atoms with Crippen LogP contribution < -0.4 is 0 Å². The summed E-state index contributed by atoms with van der Waals surface area (Å²) >= 11 is 0. The third kappa shape index (κ3) is 76.9. The number of esters is 3. The van der Waals surface area contributed by atoms with Gasteiger partial charge in [-0.05, 0) is 109 Å². The van der Waals surface area contributed by atoms with Crippen molar-refractivity contribution >= 4 is 33.6 Å². The number of phosphoric ester groups is 2. The van der Waals surface area contributed by atoms with E-state index in [-0.39, 0.29) is 19.3 Å². The first-order chi connectivity index (χ1) is 49.2. The van der Waals surface area contributed by atoms with E-state index in [4.69, 9.17) is 32.3 Å². The predicted molar refractivity (Wildman–Crippen MR) is 417 cm³/mol. The van der Waals surface area contributed by atoms with Crippen molar-refractivity contribution in [3.8, 4) is 0 Å². The number of allylic oxidation sites excluding steroid dienone is 20. The number of rotatable bonds is 75. The van der Waals surface area contributed by atoms with Crippen molar-refractivity contribution in [2.75, 3.05) is 39.6 Å². The Balaban J connectivity index is 4.52. The van der Waals surface area contributed by atoms with Gasteiger partial charge in [0.25, 0.3) is 0 Å². The molecule has 0 radical (unpaired) electrons. The van der Waals surface area contributed by atoms with Crippen molar-refractivity contribution in [3.63, 3.8) is 0 Å². The van der Waals surface area contributed by atoms with E-state index in [0.29, 0.717) is 19.3 Å². The summed E-state index contributed by atoms with van der Waals surface area (Å²) in [5.74, 6) is -1.57. The number of aliphatic hydroxyl groups is 2. The summed E-state index contributed by atoms with van der Waals surface area (Å²) in [5, 5.41) is 20.6. The maximum absolute atomic E-state index is 13.0. The van der Waals surface area contributed by atoms with E-state index in [2.05, 4.69) is 142 Å². The highest BCUT2D eigenvalue weighted by Gasteiger charge is 2.29. The SMILES string of the molecule is CC/C=C\C/C=C\C/C=C\C/C=C\C/C=C\CCCCCCCCCCCCCC(=O)OCC(O)COP(=O)(O)OCC(O)COP(=O)(O)OCC(COC(=O)CCCCCCCCCCC/C=C\C/C=C\C/C=C\C/C=C\C/C=C\CC)OC(=O)CCCCCCCCCCCCCCC. The van der Waals surface area contributed by atoms with Gasteiger partial charge in [0.05, 0.1) is 26.4 Å². The third-order valence-electron chi connectivity index (χ3n) is 16.7. The molecule has 0 fully saturated rings. The molecule has 0 aromatic carbocycles. The van der Waals surface area contributed by atoms with Crippen LogP contribution in [0.5, 0.6) is 0 Å². The average molecular weight is 1460 g/mol. The Bertz CT molecular complexity index is 2320. The van der Waals surface area contributed by atoms with E-state index < -0.39 is 91.5 Å². The molecule has 5 atom stereocenters. The van der Waals surface area contributed by atoms with Gasteiger partial charge < -0.3 is 34.2 Å². The molecule has 0 aliphatic rings. The van der Waals surface area contributed by atoms with Crippen LogP contribution in [0.4, 0.5) is 0 Å². The van der Waals surface area contributed by atoms with Crippen molar-refractivity contribution in [2.45, 2.75) is 347 Å². The van der Waals surface area contributed by atoms with Gasteiger partial charge in [0.15, 0.2) is 6.10 Å². The number of unbranched alkanes of at least 4 members (excludes halogenated alkanes) is 32. The van der Waals surface area contributed by atoms with Crippen molar-refractivity contribution in [1.29, 1.82) is 0 Å². The Kier molecular flexibility index (Phi) is 72.6. The third-order valence-corrected chi connectivity index (χ3v) is 18.6. The van der Waals surface area contributed by atoms with Gasteiger partial charge in [-0.15, -0.1) is 0 Å². The summed E-state index contributed by atoms with van der Waals surface area (Å²) in [6, 6.07) is 0. The summed E-state index contributed by atoms with van der Waals surface area (Å²) in [7, 11) is -9.79. The highest BCUT2D eigenvalue weighted by molar-refractivity contribution is 7.47. The second-order valence-electron chi connectivity index (χ2n) is 26.5. The van der Waals surface area contributed by atoms with Crippen LogP contribution >= 0.6 is 15.6 Å². The second-order valence-corrected chi connectivity index (χ2v) is 29.4. The van der Waals surface area contributed by atoms with Gasteiger partial charge in [-0.3, -0.25) is 32.5 Å². The van der Waals surface area contributed by atoms with Crippen LogP contribution in [0.15, 0.2) is 122 Å². The smallest absolute Gasteiger partial charge is 0.463 e. The van der Waals surface area contributed by atoms with Gasteiger partial charge in [-0.2, -0.15) is 0 Å². The molecule has 0 aromatic heterocycles. The molecule has 101 heavy (non-hydrogen) atoms. The Morgan fingerprint density at radius 1 is 0.287 bits per heavy atom. The molecule has 0 bridgehead atoms. The normalized spacial score (nSPS) is 14.6. The molecule has 0 spiro atoms. The summed E-state index contributed by atoms with van der Waals surface area (Å²) in [6.07, 6.45) is 89.6. The minimum absolute atomic E-state index is 0.105. The topological polar surface area (TPSA) is 231 Å². The Morgan fingerprint density at radius 3 is 0.832 bits per heavy atom. The minimum Gasteiger partial charge on any atom is -0.463 e. The molecule has 0 aromatic rings. The molecule has 18 heteroatoms. The van der Waals surface area contributed by atoms with Gasteiger partial charge in [0.1, 0.15) is 25.4 Å². The number of carbonyl (C=O) groups excluding carboxylic acids is 3. The maximum atomic E-state index is 13.0. The van der Waals surface area contributed by atoms with E-state index in [1.54, 1.807) is 0 Å². The number of phosphoric acid groups is 2. The lowest BCUT2D eigenvalue weighted by Gasteiger charge is -2.21. The maximum Gasteiger partial charge on any atom is 0.472 e. The molecule has 0 aliphatic heterocycles. The Morgan fingerprint density at radius 2 is 0.525 bits per heavy atom. The van der Waals surface area contributed by atoms with Gasteiger partial charge in [-0.1, -0.05) is 322 Å². The standard InChI is InChI=1S/C83H144O16P2/c1-4-7-10-13-16-19-22-25-27-29-31-33-35-37-38-40-42-43-45-47-49-52-54-57-60-63-66-69-81(86)93-72-78(84)73-95-100(89,90)96-74-79(85)75-97-101(91,92)98-77-80(99-83(88)71-68-65-62-59-56-51-24-21-18-15-12-9-6-3)76-94-82(87)70-67-64-61-58-55-53-50-48-46-44-41-39-36-34-32-30-28-26-23-20-17-14-11-8-5-2/h7-8,10-11,16-17,19-20,25-28,31-34,37-39,41,78-80,84-85H,4-6,9,12-15,18,21-24,29-30,35-36,40,42-77H2,1-3H3,(H,89,90)(H,91,92)/b10-7-,11-8-,19-16-,20-17-,27-25-,28-26-,33-31-,34-32-,38-37-,41-39-. The fourth-order valence-electron chi connectivity index (χ4n) is 10.7. The zero-order chi connectivity index (χ0) is 73.7. The second kappa shape index (κ2) is 75.6. The van der Waals surface area contributed by atoms with E-state index >= 15 is 0 Å². The van der Waals surface area contributed by atoms with Crippen LogP contribution in [-0.2, 0) is 55.8 Å². The molecule has 0 amide bonds. The van der Waals surface area contributed by atoms with Crippen molar-refractivity contribution in [2.24, 2.45) is 0 Å². The first-order valence-electron chi connectivity index (χ1n) is 39.8. The number of carbonyl (C=O) groups is 3. The lowest BCUT2D eigenvalue weighted by Crippen LogP contribution is -2.30. The van der Waals surface area contributed by atoms with Crippen molar-refractivity contribution in [1.82, 2.24) is 0 Å². The average Bonchev–Trinajstić information content (AvgIpc) is 0.949. The van der Waals surface area contributed by atoms with Gasteiger partial charge in [-0.25, -0.2) is 9.13 Å². The summed E-state index contributed by atoms with van der Waals surface area (Å²) in [5.41, 5.74) is 0. The van der Waals surface area contributed by atoms with Crippen LogP contribution in [0, 0.1) is 0 Å². The van der Waals surface area contributed by atoms with Crippen LogP contribution in [0.1, 0.15) is 329 Å². The summed E-state index contributed by atoms with van der Waals surface area (Å²) in [4.78, 5) is 58.6. The number of ether oxygens (including phenoxy) is 3. The largest absolute Gasteiger partial charge is 0.472 e.